The summed E-state index contributed by atoms with van der Waals surface area (Å²) in [5.74, 6) is -1.87. The number of benzene rings is 1. The van der Waals surface area contributed by atoms with E-state index in [1.165, 1.54) is 6.07 Å². The van der Waals surface area contributed by atoms with E-state index in [4.69, 9.17) is 5.73 Å². The van der Waals surface area contributed by atoms with Crippen LogP contribution < -0.4 is 11.1 Å². The highest BCUT2D eigenvalue weighted by atomic mass is 19.1. The van der Waals surface area contributed by atoms with Crippen LogP contribution in [-0.2, 0) is 11.2 Å². The second-order valence-corrected chi connectivity index (χ2v) is 3.58. The monoisotopic (exact) mass is 228 g/mol. The second kappa shape index (κ2) is 5.55. The van der Waals surface area contributed by atoms with Crippen LogP contribution >= 0.6 is 0 Å². The molecule has 1 rings (SSSR count). The van der Waals surface area contributed by atoms with Gasteiger partial charge >= 0.3 is 0 Å². The summed E-state index contributed by atoms with van der Waals surface area (Å²) in [4.78, 5) is 11.4. The first-order chi connectivity index (χ1) is 7.54. The fraction of sp³-hybridized carbons (Fsp3) is 0.364. The van der Waals surface area contributed by atoms with Crippen LogP contribution in [0.25, 0.3) is 0 Å². The molecule has 16 heavy (non-hydrogen) atoms. The van der Waals surface area contributed by atoms with Crippen LogP contribution in [0.2, 0.25) is 0 Å². The van der Waals surface area contributed by atoms with E-state index >= 15 is 0 Å². The minimum Gasteiger partial charge on any atom is -0.352 e. The molecule has 1 atom stereocenters. The Morgan fingerprint density at radius 3 is 2.50 bits per heavy atom. The first-order valence-corrected chi connectivity index (χ1v) is 4.97. The molecule has 0 aliphatic heterocycles. The van der Waals surface area contributed by atoms with Crippen molar-refractivity contribution in [3.05, 3.63) is 35.4 Å². The number of nitrogens with one attached hydrogen (secondary N) is 1. The first-order valence-electron chi connectivity index (χ1n) is 4.97. The average Bonchev–Trinajstić information content (AvgIpc) is 2.23. The SMILES string of the molecule is C[C@H](CN)NC(=O)Cc1c(F)cccc1F. The Hall–Kier alpha value is -1.49. The van der Waals surface area contributed by atoms with E-state index in [2.05, 4.69) is 5.32 Å². The second-order valence-electron chi connectivity index (χ2n) is 3.58. The maximum absolute atomic E-state index is 13.2. The van der Waals surface area contributed by atoms with Crippen molar-refractivity contribution in [3.8, 4) is 0 Å². The molecule has 1 aromatic rings. The van der Waals surface area contributed by atoms with Gasteiger partial charge in [-0.15, -0.1) is 0 Å². The lowest BCUT2D eigenvalue weighted by Crippen LogP contribution is -2.38. The minimum absolute atomic E-state index is 0.206. The lowest BCUT2D eigenvalue weighted by atomic mass is 10.1. The zero-order chi connectivity index (χ0) is 12.1. The van der Waals surface area contributed by atoms with Crippen LogP contribution in [0.15, 0.2) is 18.2 Å². The molecule has 3 nitrogen and oxygen atoms in total. The van der Waals surface area contributed by atoms with Crippen molar-refractivity contribution in [1.29, 1.82) is 0 Å². The Morgan fingerprint density at radius 1 is 1.44 bits per heavy atom. The summed E-state index contributed by atoms with van der Waals surface area (Å²) < 4.78 is 26.4. The highest BCUT2D eigenvalue weighted by Gasteiger charge is 2.13. The van der Waals surface area contributed by atoms with E-state index in [0.29, 0.717) is 0 Å². The Labute approximate surface area is 92.6 Å². The van der Waals surface area contributed by atoms with Crippen LogP contribution in [0.1, 0.15) is 12.5 Å². The zero-order valence-corrected chi connectivity index (χ0v) is 8.97. The van der Waals surface area contributed by atoms with Crippen LogP contribution in [0.5, 0.6) is 0 Å². The third kappa shape index (κ3) is 3.27. The van der Waals surface area contributed by atoms with E-state index in [-0.39, 0.29) is 24.6 Å². The topological polar surface area (TPSA) is 55.1 Å². The number of halogens is 2. The van der Waals surface area contributed by atoms with Gasteiger partial charge in [0.1, 0.15) is 11.6 Å². The van der Waals surface area contributed by atoms with Gasteiger partial charge < -0.3 is 11.1 Å². The predicted octanol–water partition coefficient (Wildman–Crippen LogP) is 0.971. The number of carbonyl (C=O) groups excluding carboxylic acids is 1. The molecule has 0 radical (unpaired) electrons. The summed E-state index contributed by atoms with van der Waals surface area (Å²) >= 11 is 0. The van der Waals surface area contributed by atoms with Crippen molar-refractivity contribution >= 4 is 5.91 Å². The molecule has 1 amide bonds. The van der Waals surface area contributed by atoms with Gasteiger partial charge in [-0.2, -0.15) is 0 Å². The minimum atomic E-state index is -0.712. The molecule has 88 valence electrons. The number of carbonyl (C=O) groups is 1. The molecule has 0 aliphatic rings. The molecule has 5 heteroatoms. The first kappa shape index (κ1) is 12.6. The Morgan fingerprint density at radius 2 is 2.00 bits per heavy atom. The fourth-order valence-electron chi connectivity index (χ4n) is 1.25. The number of nitrogens with two attached hydrogens (primary N) is 1. The molecule has 0 saturated heterocycles. The normalized spacial score (nSPS) is 12.2. The molecule has 0 bridgehead atoms. The van der Waals surface area contributed by atoms with E-state index < -0.39 is 17.5 Å². The van der Waals surface area contributed by atoms with E-state index in [1.807, 2.05) is 0 Å². The van der Waals surface area contributed by atoms with Gasteiger partial charge in [-0.25, -0.2) is 8.78 Å². The smallest absolute Gasteiger partial charge is 0.224 e. The predicted molar refractivity (Wildman–Crippen MR) is 56.7 cm³/mol. The highest BCUT2D eigenvalue weighted by molar-refractivity contribution is 5.78. The molecular formula is C11H14F2N2O. The summed E-state index contributed by atoms with van der Waals surface area (Å²) in [6, 6.07) is 3.30. The van der Waals surface area contributed by atoms with Crippen molar-refractivity contribution in [2.45, 2.75) is 19.4 Å². The van der Waals surface area contributed by atoms with E-state index in [1.54, 1.807) is 6.92 Å². The molecule has 0 spiro atoms. The maximum atomic E-state index is 13.2. The van der Waals surface area contributed by atoms with Gasteiger partial charge in [-0.1, -0.05) is 6.07 Å². The maximum Gasteiger partial charge on any atom is 0.224 e. The van der Waals surface area contributed by atoms with Crippen LogP contribution in [0, 0.1) is 11.6 Å². The largest absolute Gasteiger partial charge is 0.352 e. The Bertz CT molecular complexity index is 362. The van der Waals surface area contributed by atoms with Gasteiger partial charge in [0.25, 0.3) is 0 Å². The third-order valence-electron chi connectivity index (χ3n) is 2.16. The lowest BCUT2D eigenvalue weighted by Gasteiger charge is -2.11. The van der Waals surface area contributed by atoms with Crippen LogP contribution in [0.3, 0.4) is 0 Å². The van der Waals surface area contributed by atoms with Gasteiger partial charge in [0.05, 0.1) is 6.42 Å². The number of rotatable bonds is 4. The van der Waals surface area contributed by atoms with Gasteiger partial charge in [0.2, 0.25) is 5.91 Å². The molecular weight excluding hydrogens is 214 g/mol. The van der Waals surface area contributed by atoms with Crippen molar-refractivity contribution in [1.82, 2.24) is 5.32 Å². The van der Waals surface area contributed by atoms with Crippen molar-refractivity contribution in [3.63, 3.8) is 0 Å². The zero-order valence-electron chi connectivity index (χ0n) is 8.97. The highest BCUT2D eigenvalue weighted by Crippen LogP contribution is 2.12. The molecule has 0 unspecified atom stereocenters. The average molecular weight is 228 g/mol. The molecule has 0 saturated carbocycles. The summed E-state index contributed by atoms with van der Waals surface area (Å²) in [7, 11) is 0. The summed E-state index contributed by atoms with van der Waals surface area (Å²) in [6.45, 7) is 2.00. The van der Waals surface area contributed by atoms with Gasteiger partial charge in [0.15, 0.2) is 0 Å². The number of amides is 1. The van der Waals surface area contributed by atoms with Gasteiger partial charge in [-0.05, 0) is 19.1 Å². The summed E-state index contributed by atoms with van der Waals surface area (Å²) in [5, 5.41) is 2.54. The lowest BCUT2D eigenvalue weighted by molar-refractivity contribution is -0.121. The van der Waals surface area contributed by atoms with Gasteiger partial charge in [-0.3, -0.25) is 4.79 Å². The Kier molecular flexibility index (Phi) is 4.37. The third-order valence-corrected chi connectivity index (χ3v) is 2.16. The van der Waals surface area contributed by atoms with Crippen molar-refractivity contribution < 1.29 is 13.6 Å². The quantitative estimate of drug-likeness (QED) is 0.806. The van der Waals surface area contributed by atoms with E-state index in [0.717, 1.165) is 12.1 Å². The molecule has 1 aromatic carbocycles. The van der Waals surface area contributed by atoms with E-state index in [9.17, 15) is 13.6 Å². The fourth-order valence-corrected chi connectivity index (χ4v) is 1.25. The molecule has 0 heterocycles. The van der Waals surface area contributed by atoms with Crippen LogP contribution in [-0.4, -0.2) is 18.5 Å². The van der Waals surface area contributed by atoms with Crippen molar-refractivity contribution in [2.24, 2.45) is 5.73 Å². The molecule has 3 N–H and O–H groups in total. The molecule has 0 aliphatic carbocycles. The van der Waals surface area contributed by atoms with Gasteiger partial charge in [0, 0.05) is 18.2 Å². The molecule has 0 aromatic heterocycles. The summed E-state index contributed by atoms with van der Waals surface area (Å²) in [5.41, 5.74) is 5.09. The standard InChI is InChI=1S/C11H14F2N2O/c1-7(6-14)15-11(16)5-8-9(12)3-2-4-10(8)13/h2-4,7H,5-6,14H2,1H3,(H,15,16)/t7-/m1/s1. The van der Waals surface area contributed by atoms with Crippen LogP contribution in [0.4, 0.5) is 8.78 Å². The van der Waals surface area contributed by atoms with Crippen molar-refractivity contribution in [2.75, 3.05) is 6.54 Å². The molecule has 0 fully saturated rings. The Balaban J connectivity index is 2.70. The summed E-state index contributed by atoms with van der Waals surface area (Å²) in [6.07, 6.45) is -0.317. The number of hydrogen-bond acceptors (Lipinski definition) is 2. The number of hydrogen-bond donors (Lipinski definition) is 2.